The van der Waals surface area contributed by atoms with Crippen molar-refractivity contribution in [2.45, 2.75) is 31.7 Å². The summed E-state index contributed by atoms with van der Waals surface area (Å²) in [6.45, 7) is 2.72. The van der Waals surface area contributed by atoms with Crippen LogP contribution < -0.4 is 5.73 Å². The van der Waals surface area contributed by atoms with E-state index in [9.17, 15) is 4.79 Å². The van der Waals surface area contributed by atoms with Gasteiger partial charge in [-0.15, -0.1) is 0 Å². The molecule has 0 radical (unpaired) electrons. The van der Waals surface area contributed by atoms with Crippen molar-refractivity contribution in [2.24, 2.45) is 11.7 Å². The van der Waals surface area contributed by atoms with Crippen molar-refractivity contribution < 1.29 is 9.53 Å². The zero-order chi connectivity index (χ0) is 10.7. The Hall–Kier alpha value is -0.610. The van der Waals surface area contributed by atoms with E-state index in [1.807, 2.05) is 4.90 Å². The van der Waals surface area contributed by atoms with Gasteiger partial charge in [0, 0.05) is 12.5 Å². The van der Waals surface area contributed by atoms with E-state index < -0.39 is 0 Å². The monoisotopic (exact) mass is 212 g/mol. The topological polar surface area (TPSA) is 55.6 Å². The maximum absolute atomic E-state index is 12.1. The van der Waals surface area contributed by atoms with Crippen LogP contribution in [-0.4, -0.2) is 43.2 Å². The summed E-state index contributed by atoms with van der Waals surface area (Å²) >= 11 is 0. The fraction of sp³-hybridized carbons (Fsp3) is 0.909. The van der Waals surface area contributed by atoms with Crippen molar-refractivity contribution in [3.63, 3.8) is 0 Å². The van der Waals surface area contributed by atoms with Crippen LogP contribution in [0.1, 0.15) is 25.7 Å². The standard InChI is InChI=1S/C11H20N2O2/c12-5-4-10-8-15-7-6-13(10)11(14)9-2-1-3-9/h9-10H,1-8,12H2. The highest BCUT2D eigenvalue weighted by atomic mass is 16.5. The van der Waals surface area contributed by atoms with E-state index >= 15 is 0 Å². The summed E-state index contributed by atoms with van der Waals surface area (Å²) in [5, 5.41) is 0. The Bertz CT molecular complexity index is 227. The Morgan fingerprint density at radius 3 is 2.87 bits per heavy atom. The molecule has 1 amide bonds. The summed E-state index contributed by atoms with van der Waals surface area (Å²) < 4.78 is 5.40. The van der Waals surface area contributed by atoms with Crippen LogP contribution in [0.4, 0.5) is 0 Å². The van der Waals surface area contributed by atoms with Crippen molar-refractivity contribution >= 4 is 5.91 Å². The van der Waals surface area contributed by atoms with Gasteiger partial charge in [0.2, 0.25) is 5.91 Å². The third kappa shape index (κ3) is 2.32. The zero-order valence-corrected chi connectivity index (χ0v) is 9.15. The highest BCUT2D eigenvalue weighted by Gasteiger charge is 2.34. The molecule has 15 heavy (non-hydrogen) atoms. The molecule has 4 nitrogen and oxygen atoms in total. The zero-order valence-electron chi connectivity index (χ0n) is 9.15. The number of carbonyl (C=O) groups excluding carboxylic acids is 1. The molecule has 0 spiro atoms. The number of hydrogen-bond donors (Lipinski definition) is 1. The molecule has 86 valence electrons. The summed E-state index contributed by atoms with van der Waals surface area (Å²) in [5.41, 5.74) is 5.55. The van der Waals surface area contributed by atoms with E-state index in [0.29, 0.717) is 31.6 Å². The van der Waals surface area contributed by atoms with E-state index in [1.165, 1.54) is 6.42 Å². The first kappa shape index (κ1) is 10.9. The Labute approximate surface area is 90.8 Å². The van der Waals surface area contributed by atoms with Gasteiger partial charge in [-0.05, 0) is 25.8 Å². The number of rotatable bonds is 3. The lowest BCUT2D eigenvalue weighted by atomic mass is 9.84. The van der Waals surface area contributed by atoms with Crippen molar-refractivity contribution in [1.82, 2.24) is 4.90 Å². The molecule has 0 aromatic heterocycles. The lowest BCUT2D eigenvalue weighted by Gasteiger charge is -2.39. The number of morpholine rings is 1. The molecular formula is C11H20N2O2. The Morgan fingerprint density at radius 1 is 1.47 bits per heavy atom. The van der Waals surface area contributed by atoms with Crippen molar-refractivity contribution in [3.8, 4) is 0 Å². The minimum absolute atomic E-state index is 0.219. The molecule has 1 heterocycles. The predicted molar refractivity (Wildman–Crippen MR) is 57.3 cm³/mol. The number of nitrogens with zero attached hydrogens (tertiary/aromatic N) is 1. The molecule has 0 aromatic carbocycles. The van der Waals surface area contributed by atoms with Crippen molar-refractivity contribution in [1.29, 1.82) is 0 Å². The van der Waals surface area contributed by atoms with Gasteiger partial charge in [0.1, 0.15) is 0 Å². The first-order valence-electron chi connectivity index (χ1n) is 5.91. The van der Waals surface area contributed by atoms with Gasteiger partial charge in [-0.2, -0.15) is 0 Å². The molecule has 2 N–H and O–H groups in total. The Kier molecular flexibility index (Phi) is 3.59. The Balaban J connectivity index is 1.93. The van der Waals surface area contributed by atoms with Crippen LogP contribution in [0.5, 0.6) is 0 Å². The van der Waals surface area contributed by atoms with Gasteiger partial charge in [0.25, 0.3) is 0 Å². The fourth-order valence-corrected chi connectivity index (χ4v) is 2.27. The van der Waals surface area contributed by atoms with Gasteiger partial charge < -0.3 is 15.4 Å². The second-order valence-corrected chi connectivity index (χ2v) is 4.47. The quantitative estimate of drug-likeness (QED) is 0.735. The van der Waals surface area contributed by atoms with Crippen LogP contribution in [0.15, 0.2) is 0 Å². The van der Waals surface area contributed by atoms with Gasteiger partial charge in [0.15, 0.2) is 0 Å². The average molecular weight is 212 g/mol. The Morgan fingerprint density at radius 2 is 2.27 bits per heavy atom. The molecule has 1 saturated heterocycles. The van der Waals surface area contributed by atoms with E-state index in [4.69, 9.17) is 10.5 Å². The van der Waals surface area contributed by atoms with E-state index in [-0.39, 0.29) is 6.04 Å². The van der Waals surface area contributed by atoms with Crippen molar-refractivity contribution in [2.75, 3.05) is 26.3 Å². The van der Waals surface area contributed by atoms with Gasteiger partial charge in [-0.25, -0.2) is 0 Å². The third-order valence-electron chi connectivity index (χ3n) is 3.46. The number of nitrogens with two attached hydrogens (primary N) is 1. The molecular weight excluding hydrogens is 192 g/mol. The summed E-state index contributed by atoms with van der Waals surface area (Å²) in [6.07, 6.45) is 4.22. The highest BCUT2D eigenvalue weighted by Crippen LogP contribution is 2.29. The molecule has 1 aliphatic heterocycles. The van der Waals surface area contributed by atoms with Gasteiger partial charge >= 0.3 is 0 Å². The van der Waals surface area contributed by atoms with Crippen LogP contribution in [-0.2, 0) is 9.53 Å². The first-order valence-corrected chi connectivity index (χ1v) is 5.91. The molecule has 2 aliphatic rings. The fourth-order valence-electron chi connectivity index (χ4n) is 2.27. The van der Waals surface area contributed by atoms with Crippen molar-refractivity contribution in [3.05, 3.63) is 0 Å². The molecule has 1 aliphatic carbocycles. The lowest BCUT2D eigenvalue weighted by molar-refractivity contribution is -0.147. The minimum atomic E-state index is 0.219. The lowest BCUT2D eigenvalue weighted by Crippen LogP contribution is -2.52. The first-order chi connectivity index (χ1) is 7.33. The predicted octanol–water partition coefficient (Wildman–Crippen LogP) is 0.363. The van der Waals surface area contributed by atoms with Crippen LogP contribution in [0.25, 0.3) is 0 Å². The third-order valence-corrected chi connectivity index (χ3v) is 3.46. The largest absolute Gasteiger partial charge is 0.377 e. The van der Waals surface area contributed by atoms with E-state index in [1.54, 1.807) is 0 Å². The van der Waals surface area contributed by atoms with Crippen LogP contribution in [0.2, 0.25) is 0 Å². The van der Waals surface area contributed by atoms with E-state index in [0.717, 1.165) is 25.8 Å². The second kappa shape index (κ2) is 4.94. The number of ether oxygens (including phenoxy) is 1. The molecule has 2 fully saturated rings. The summed E-state index contributed by atoms with van der Waals surface area (Å²) in [5.74, 6) is 0.631. The SMILES string of the molecule is NCCC1COCCN1C(=O)C1CCC1. The minimum Gasteiger partial charge on any atom is -0.377 e. The molecule has 4 heteroatoms. The molecule has 1 unspecified atom stereocenters. The van der Waals surface area contributed by atoms with Gasteiger partial charge in [-0.3, -0.25) is 4.79 Å². The molecule has 2 rings (SSSR count). The summed E-state index contributed by atoms with van der Waals surface area (Å²) in [7, 11) is 0. The van der Waals surface area contributed by atoms with Crippen LogP contribution in [0, 0.1) is 5.92 Å². The maximum Gasteiger partial charge on any atom is 0.226 e. The van der Waals surface area contributed by atoms with Gasteiger partial charge in [0.05, 0.1) is 19.3 Å². The second-order valence-electron chi connectivity index (χ2n) is 4.47. The smallest absolute Gasteiger partial charge is 0.226 e. The summed E-state index contributed by atoms with van der Waals surface area (Å²) in [4.78, 5) is 14.1. The maximum atomic E-state index is 12.1. The van der Waals surface area contributed by atoms with E-state index in [2.05, 4.69) is 0 Å². The van der Waals surface area contributed by atoms with Gasteiger partial charge in [-0.1, -0.05) is 6.42 Å². The number of hydrogen-bond acceptors (Lipinski definition) is 3. The molecule has 1 saturated carbocycles. The molecule has 0 aromatic rings. The average Bonchev–Trinajstić information content (AvgIpc) is 2.16. The normalized spacial score (nSPS) is 27.5. The molecule has 0 bridgehead atoms. The number of carbonyl (C=O) groups is 1. The molecule has 1 atom stereocenters. The number of amides is 1. The van der Waals surface area contributed by atoms with Crippen LogP contribution >= 0.6 is 0 Å². The van der Waals surface area contributed by atoms with Crippen LogP contribution in [0.3, 0.4) is 0 Å². The highest BCUT2D eigenvalue weighted by molar-refractivity contribution is 5.80. The summed E-state index contributed by atoms with van der Waals surface area (Å²) in [6, 6.07) is 0.219.